The molecule has 0 saturated heterocycles. The van der Waals surface area contributed by atoms with E-state index in [1.165, 1.54) is 73.4 Å². The first-order valence-electron chi connectivity index (χ1n) is 9.38. The van der Waals surface area contributed by atoms with Gasteiger partial charge in [0.2, 0.25) is 0 Å². The van der Waals surface area contributed by atoms with Crippen LogP contribution in [-0.4, -0.2) is 6.21 Å². The molecule has 0 bridgehead atoms. The van der Waals surface area contributed by atoms with E-state index in [2.05, 4.69) is 56.5 Å². The highest BCUT2D eigenvalue weighted by atomic mass is 14.8. The maximum atomic E-state index is 4.91. The van der Waals surface area contributed by atoms with Gasteiger partial charge in [0.1, 0.15) is 0 Å². The van der Waals surface area contributed by atoms with Crippen LogP contribution in [0.25, 0.3) is 10.8 Å². The zero-order valence-corrected chi connectivity index (χ0v) is 14.6. The number of hydrogen-bond acceptors (Lipinski definition) is 1. The summed E-state index contributed by atoms with van der Waals surface area (Å²) in [5.41, 5.74) is 2.89. The van der Waals surface area contributed by atoms with Crippen molar-refractivity contribution in [1.29, 1.82) is 0 Å². The average molecular weight is 307 g/mol. The normalized spacial score (nSPS) is 15.2. The first kappa shape index (κ1) is 16.2. The minimum atomic E-state index is 0.184. The minimum Gasteiger partial charge on any atom is -0.259 e. The first-order chi connectivity index (χ1) is 11.3. The molecule has 0 amide bonds. The van der Waals surface area contributed by atoms with E-state index in [1.807, 2.05) is 0 Å². The molecule has 1 heteroatoms. The van der Waals surface area contributed by atoms with Gasteiger partial charge in [-0.2, -0.15) is 0 Å². The topological polar surface area (TPSA) is 12.4 Å². The van der Waals surface area contributed by atoms with E-state index in [1.54, 1.807) is 0 Å². The molecular weight excluding hydrogens is 278 g/mol. The summed E-state index contributed by atoms with van der Waals surface area (Å²) in [6, 6.07) is 13.3. The lowest BCUT2D eigenvalue weighted by molar-refractivity contribution is 0.450. The highest BCUT2D eigenvalue weighted by molar-refractivity contribution is 6.01. The zero-order valence-electron chi connectivity index (χ0n) is 14.6. The van der Waals surface area contributed by atoms with E-state index in [0.29, 0.717) is 0 Å². The van der Waals surface area contributed by atoms with Crippen molar-refractivity contribution in [3.05, 3.63) is 42.0 Å². The number of unbranched alkanes of at least 4 members (excludes halogenated alkanes) is 4. The molecule has 0 N–H and O–H groups in total. The van der Waals surface area contributed by atoms with Crippen LogP contribution in [0.15, 0.2) is 41.4 Å². The van der Waals surface area contributed by atoms with Crippen LogP contribution < -0.4 is 0 Å². The molecule has 0 radical (unpaired) electrons. The number of benzene rings is 2. The fourth-order valence-corrected chi connectivity index (χ4v) is 3.96. The quantitative estimate of drug-likeness (QED) is 0.468. The molecule has 0 saturated carbocycles. The van der Waals surface area contributed by atoms with Crippen molar-refractivity contribution >= 4 is 22.7 Å². The van der Waals surface area contributed by atoms with Crippen molar-refractivity contribution in [3.8, 4) is 0 Å². The Morgan fingerprint density at radius 3 is 2.22 bits per heavy atom. The standard InChI is InChI=1S/C22H29N/c1-3-5-9-15-22(16-10-6-4-2)17-23-21-19-12-8-7-11-18(19)13-14-20(21)22/h7-8,11-14,17H,3-6,9-10,15-16H2,1-2H3. The summed E-state index contributed by atoms with van der Waals surface area (Å²) in [4.78, 5) is 4.91. The van der Waals surface area contributed by atoms with E-state index in [-0.39, 0.29) is 5.41 Å². The van der Waals surface area contributed by atoms with Crippen molar-refractivity contribution < 1.29 is 0 Å². The van der Waals surface area contributed by atoms with Crippen LogP contribution in [0.3, 0.4) is 0 Å². The third kappa shape index (κ3) is 3.20. The molecule has 3 rings (SSSR count). The van der Waals surface area contributed by atoms with Crippen molar-refractivity contribution in [1.82, 2.24) is 0 Å². The van der Waals surface area contributed by atoms with Crippen LogP contribution in [0.4, 0.5) is 5.69 Å². The first-order valence-corrected chi connectivity index (χ1v) is 9.38. The lowest BCUT2D eigenvalue weighted by atomic mass is 9.74. The third-order valence-electron chi connectivity index (χ3n) is 5.33. The predicted octanol–water partition coefficient (Wildman–Crippen LogP) is 6.95. The lowest BCUT2D eigenvalue weighted by Gasteiger charge is -2.28. The molecule has 0 unspecified atom stereocenters. The average Bonchev–Trinajstić information content (AvgIpc) is 2.95. The van der Waals surface area contributed by atoms with E-state index in [9.17, 15) is 0 Å². The Bertz CT molecular complexity index is 673. The van der Waals surface area contributed by atoms with Gasteiger partial charge in [0, 0.05) is 17.0 Å². The largest absolute Gasteiger partial charge is 0.259 e. The maximum Gasteiger partial charge on any atom is 0.0745 e. The van der Waals surface area contributed by atoms with Crippen molar-refractivity contribution in [2.45, 2.75) is 70.6 Å². The summed E-state index contributed by atoms with van der Waals surface area (Å²) >= 11 is 0. The van der Waals surface area contributed by atoms with Gasteiger partial charge in [-0.15, -0.1) is 0 Å². The predicted molar refractivity (Wildman–Crippen MR) is 102 cm³/mol. The molecule has 1 nitrogen and oxygen atoms in total. The highest BCUT2D eigenvalue weighted by Crippen LogP contribution is 2.46. The van der Waals surface area contributed by atoms with Gasteiger partial charge < -0.3 is 0 Å². The van der Waals surface area contributed by atoms with Crippen LogP contribution in [0.1, 0.15) is 70.8 Å². The number of fused-ring (bicyclic) bond motifs is 3. The number of aliphatic imine (C=N–C) groups is 1. The monoisotopic (exact) mass is 307 g/mol. The Morgan fingerprint density at radius 1 is 0.826 bits per heavy atom. The number of hydrogen-bond donors (Lipinski definition) is 0. The Morgan fingerprint density at radius 2 is 1.52 bits per heavy atom. The molecule has 0 aromatic heterocycles. The molecule has 1 aliphatic heterocycles. The van der Waals surface area contributed by atoms with Crippen molar-refractivity contribution in [3.63, 3.8) is 0 Å². The van der Waals surface area contributed by atoms with E-state index >= 15 is 0 Å². The smallest absolute Gasteiger partial charge is 0.0745 e. The second kappa shape index (κ2) is 7.29. The van der Waals surface area contributed by atoms with Crippen LogP contribution in [-0.2, 0) is 5.41 Å². The fraction of sp³-hybridized carbons (Fsp3) is 0.500. The molecule has 122 valence electrons. The Hall–Kier alpha value is -1.63. The van der Waals surface area contributed by atoms with Crippen LogP contribution in [0.5, 0.6) is 0 Å². The molecule has 0 aliphatic carbocycles. The SMILES string of the molecule is CCCCCC1(CCCCC)C=Nc2c1ccc1ccccc21. The lowest BCUT2D eigenvalue weighted by Crippen LogP contribution is -2.25. The summed E-state index contributed by atoms with van der Waals surface area (Å²) in [7, 11) is 0. The third-order valence-corrected chi connectivity index (χ3v) is 5.33. The van der Waals surface area contributed by atoms with Gasteiger partial charge in [-0.1, -0.05) is 88.8 Å². The maximum absolute atomic E-state index is 4.91. The van der Waals surface area contributed by atoms with E-state index < -0.39 is 0 Å². The molecule has 1 heterocycles. The van der Waals surface area contributed by atoms with Crippen LogP contribution in [0.2, 0.25) is 0 Å². The van der Waals surface area contributed by atoms with Crippen molar-refractivity contribution in [2.24, 2.45) is 4.99 Å². The van der Waals surface area contributed by atoms with Crippen LogP contribution in [0, 0.1) is 0 Å². The second-order valence-corrected chi connectivity index (χ2v) is 7.01. The molecular formula is C22H29N. The molecule has 0 spiro atoms. The Balaban J connectivity index is 1.96. The van der Waals surface area contributed by atoms with Gasteiger partial charge in [-0.05, 0) is 23.8 Å². The zero-order chi connectivity index (χ0) is 16.1. The van der Waals surface area contributed by atoms with Gasteiger partial charge in [-0.3, -0.25) is 4.99 Å². The summed E-state index contributed by atoms with van der Waals surface area (Å²) in [5.74, 6) is 0. The Kier molecular flexibility index (Phi) is 5.15. The second-order valence-electron chi connectivity index (χ2n) is 7.01. The van der Waals surface area contributed by atoms with E-state index in [0.717, 1.165) is 0 Å². The number of nitrogens with zero attached hydrogens (tertiary/aromatic N) is 1. The van der Waals surface area contributed by atoms with Crippen molar-refractivity contribution in [2.75, 3.05) is 0 Å². The summed E-state index contributed by atoms with van der Waals surface area (Å²) < 4.78 is 0. The van der Waals surface area contributed by atoms with Gasteiger partial charge >= 0.3 is 0 Å². The fourth-order valence-electron chi connectivity index (χ4n) is 3.96. The van der Waals surface area contributed by atoms with E-state index in [4.69, 9.17) is 4.99 Å². The molecule has 0 fully saturated rings. The summed E-state index contributed by atoms with van der Waals surface area (Å²) in [5, 5.41) is 2.62. The van der Waals surface area contributed by atoms with Gasteiger partial charge in [0.05, 0.1) is 5.69 Å². The number of rotatable bonds is 8. The summed E-state index contributed by atoms with van der Waals surface area (Å²) in [6.45, 7) is 4.57. The van der Waals surface area contributed by atoms with Gasteiger partial charge in [0.15, 0.2) is 0 Å². The Labute approximate surface area is 140 Å². The molecule has 2 aromatic rings. The van der Waals surface area contributed by atoms with Crippen LogP contribution >= 0.6 is 0 Å². The van der Waals surface area contributed by atoms with Gasteiger partial charge in [-0.25, -0.2) is 0 Å². The molecule has 0 atom stereocenters. The highest BCUT2D eigenvalue weighted by Gasteiger charge is 2.35. The molecule has 23 heavy (non-hydrogen) atoms. The minimum absolute atomic E-state index is 0.184. The molecule has 1 aliphatic rings. The molecule has 2 aromatic carbocycles. The van der Waals surface area contributed by atoms with Gasteiger partial charge in [0.25, 0.3) is 0 Å². The summed E-state index contributed by atoms with van der Waals surface area (Å²) in [6.07, 6.45) is 12.6.